The van der Waals surface area contributed by atoms with Crippen molar-refractivity contribution < 1.29 is 13.6 Å². The van der Waals surface area contributed by atoms with Crippen LogP contribution in [0.3, 0.4) is 0 Å². The summed E-state index contributed by atoms with van der Waals surface area (Å²) >= 11 is 1.33. The molecule has 0 radical (unpaired) electrons. The van der Waals surface area contributed by atoms with Crippen molar-refractivity contribution in [3.8, 4) is 0 Å². The minimum atomic E-state index is -0.768. The van der Waals surface area contributed by atoms with E-state index in [9.17, 15) is 18.4 Å². The molecule has 0 spiro atoms. The predicted molar refractivity (Wildman–Crippen MR) is 107 cm³/mol. The number of aromatic amines is 1. The maximum atomic E-state index is 13.7. The summed E-state index contributed by atoms with van der Waals surface area (Å²) in [6, 6.07) is 11.0. The van der Waals surface area contributed by atoms with Crippen LogP contribution in [0.2, 0.25) is 0 Å². The molecule has 8 heteroatoms. The highest BCUT2D eigenvalue weighted by molar-refractivity contribution is 7.98. The van der Waals surface area contributed by atoms with E-state index in [2.05, 4.69) is 15.3 Å². The third-order valence-corrected chi connectivity index (χ3v) is 5.62. The SMILES string of the molecule is Cc1cccc(CSc2nc3c(c(=O)[nH]2)[C@H](c2cc(F)cc(F)c2)CC(=O)N3)c1. The lowest BCUT2D eigenvalue weighted by atomic mass is 9.87. The van der Waals surface area contributed by atoms with Crippen LogP contribution in [0, 0.1) is 18.6 Å². The lowest BCUT2D eigenvalue weighted by Crippen LogP contribution is -2.31. The minimum absolute atomic E-state index is 0.0869. The lowest BCUT2D eigenvalue weighted by Gasteiger charge is -2.24. The molecule has 5 nitrogen and oxygen atoms in total. The van der Waals surface area contributed by atoms with Gasteiger partial charge < -0.3 is 10.3 Å². The van der Waals surface area contributed by atoms with E-state index >= 15 is 0 Å². The summed E-state index contributed by atoms with van der Waals surface area (Å²) in [5.74, 6) is -1.93. The number of anilines is 1. The number of carbonyl (C=O) groups excluding carboxylic acids is 1. The molecule has 1 amide bonds. The van der Waals surface area contributed by atoms with Crippen molar-refractivity contribution in [1.82, 2.24) is 9.97 Å². The van der Waals surface area contributed by atoms with Gasteiger partial charge in [-0.1, -0.05) is 41.6 Å². The summed E-state index contributed by atoms with van der Waals surface area (Å²) in [7, 11) is 0. The van der Waals surface area contributed by atoms with Crippen LogP contribution in [-0.4, -0.2) is 15.9 Å². The fourth-order valence-electron chi connectivity index (χ4n) is 3.43. The van der Waals surface area contributed by atoms with E-state index in [0.29, 0.717) is 10.9 Å². The average Bonchev–Trinajstić information content (AvgIpc) is 2.64. The molecule has 0 bridgehead atoms. The maximum absolute atomic E-state index is 13.7. The Kier molecular flexibility index (Phi) is 5.19. The Morgan fingerprint density at radius 2 is 1.90 bits per heavy atom. The van der Waals surface area contributed by atoms with E-state index < -0.39 is 23.1 Å². The Balaban J connectivity index is 1.67. The Labute approximate surface area is 169 Å². The van der Waals surface area contributed by atoms with Gasteiger partial charge in [-0.25, -0.2) is 13.8 Å². The first-order valence-corrected chi connectivity index (χ1v) is 9.96. The molecule has 2 N–H and O–H groups in total. The normalized spacial score (nSPS) is 15.7. The summed E-state index contributed by atoms with van der Waals surface area (Å²) in [6.45, 7) is 2.00. The molecule has 4 rings (SSSR count). The van der Waals surface area contributed by atoms with Crippen LogP contribution in [0.5, 0.6) is 0 Å². The number of rotatable bonds is 4. The number of nitrogens with zero attached hydrogens (tertiary/aromatic N) is 1. The van der Waals surface area contributed by atoms with Crippen LogP contribution < -0.4 is 10.9 Å². The van der Waals surface area contributed by atoms with Gasteiger partial charge in [0.05, 0.1) is 5.56 Å². The van der Waals surface area contributed by atoms with Gasteiger partial charge >= 0.3 is 0 Å². The van der Waals surface area contributed by atoms with Crippen molar-refractivity contribution in [2.45, 2.75) is 30.2 Å². The van der Waals surface area contributed by atoms with Crippen LogP contribution in [-0.2, 0) is 10.5 Å². The van der Waals surface area contributed by atoms with E-state index in [1.165, 1.54) is 11.8 Å². The molecule has 0 unspecified atom stereocenters. The number of carbonyl (C=O) groups is 1. The predicted octanol–water partition coefficient (Wildman–Crippen LogP) is 4.12. The molecular formula is C21H17F2N3O2S. The average molecular weight is 413 g/mol. The van der Waals surface area contributed by atoms with Crippen LogP contribution in [0.25, 0.3) is 0 Å². The van der Waals surface area contributed by atoms with Crippen LogP contribution in [0.15, 0.2) is 52.4 Å². The first kappa shape index (κ1) is 19.3. The number of H-pyrrole nitrogens is 1. The number of hydrogen-bond acceptors (Lipinski definition) is 4. The number of fused-ring (bicyclic) bond motifs is 1. The molecule has 0 aliphatic carbocycles. The molecule has 29 heavy (non-hydrogen) atoms. The molecule has 1 atom stereocenters. The van der Waals surface area contributed by atoms with E-state index in [4.69, 9.17) is 0 Å². The van der Waals surface area contributed by atoms with Crippen LogP contribution in [0.4, 0.5) is 14.6 Å². The van der Waals surface area contributed by atoms with Crippen molar-refractivity contribution in [1.29, 1.82) is 0 Å². The molecule has 2 aromatic carbocycles. The molecule has 1 aromatic heterocycles. The minimum Gasteiger partial charge on any atom is -0.310 e. The number of halogens is 2. The molecule has 1 aliphatic rings. The standard InChI is InChI=1S/C21H17F2N3O2S/c1-11-3-2-4-12(5-11)10-29-21-25-19-18(20(28)26-21)16(9-17(27)24-19)13-6-14(22)8-15(23)7-13/h2-8,16H,9-10H2,1H3,(H2,24,25,26,27,28)/t16-/m0/s1. The second-order valence-electron chi connectivity index (χ2n) is 6.92. The zero-order valence-electron chi connectivity index (χ0n) is 15.5. The summed E-state index contributed by atoms with van der Waals surface area (Å²) in [6.07, 6.45) is -0.0869. The van der Waals surface area contributed by atoms with Crippen molar-refractivity contribution in [2.75, 3.05) is 5.32 Å². The number of aromatic nitrogens is 2. The van der Waals surface area contributed by atoms with Crippen LogP contribution >= 0.6 is 11.8 Å². The molecule has 3 aromatic rings. The fourth-order valence-corrected chi connectivity index (χ4v) is 4.24. The quantitative estimate of drug-likeness (QED) is 0.498. The van der Waals surface area contributed by atoms with Gasteiger partial charge in [-0.15, -0.1) is 0 Å². The molecule has 148 valence electrons. The van der Waals surface area contributed by atoms with Gasteiger partial charge in [0.1, 0.15) is 17.5 Å². The van der Waals surface area contributed by atoms with Gasteiger partial charge in [0.25, 0.3) is 5.56 Å². The fraction of sp³-hybridized carbons (Fsp3) is 0.190. The Hall–Kier alpha value is -3.00. The van der Waals surface area contributed by atoms with Gasteiger partial charge in [-0.3, -0.25) is 9.59 Å². The van der Waals surface area contributed by atoms with Gasteiger partial charge in [-0.05, 0) is 30.2 Å². The topological polar surface area (TPSA) is 74.8 Å². The molecule has 0 fully saturated rings. The molecule has 1 aliphatic heterocycles. The summed E-state index contributed by atoms with van der Waals surface area (Å²) in [5.41, 5.74) is 2.21. The molecule has 2 heterocycles. The zero-order chi connectivity index (χ0) is 20.5. The molecular weight excluding hydrogens is 396 g/mol. The Morgan fingerprint density at radius 3 is 2.62 bits per heavy atom. The van der Waals surface area contributed by atoms with E-state index in [-0.39, 0.29) is 29.3 Å². The van der Waals surface area contributed by atoms with E-state index in [0.717, 1.165) is 29.3 Å². The molecule has 0 saturated carbocycles. The zero-order valence-corrected chi connectivity index (χ0v) is 16.3. The second-order valence-corrected chi connectivity index (χ2v) is 7.88. The van der Waals surface area contributed by atoms with E-state index in [1.54, 1.807) is 0 Å². The van der Waals surface area contributed by atoms with Gasteiger partial charge in [0, 0.05) is 24.2 Å². The first-order valence-electron chi connectivity index (χ1n) is 8.97. The Bertz CT molecular complexity index is 1140. The number of thioether (sulfide) groups is 1. The van der Waals surface area contributed by atoms with Gasteiger partial charge in [-0.2, -0.15) is 0 Å². The van der Waals surface area contributed by atoms with Crippen LogP contribution in [0.1, 0.15) is 34.6 Å². The Morgan fingerprint density at radius 1 is 1.14 bits per heavy atom. The van der Waals surface area contributed by atoms with Gasteiger partial charge in [0.15, 0.2) is 5.16 Å². The van der Waals surface area contributed by atoms with E-state index in [1.807, 2.05) is 31.2 Å². The number of hydrogen-bond donors (Lipinski definition) is 2. The monoisotopic (exact) mass is 413 g/mol. The lowest BCUT2D eigenvalue weighted by molar-refractivity contribution is -0.116. The van der Waals surface area contributed by atoms with Crippen molar-refractivity contribution in [2.24, 2.45) is 0 Å². The smallest absolute Gasteiger partial charge is 0.257 e. The summed E-state index contributed by atoms with van der Waals surface area (Å²) in [5, 5.41) is 2.97. The third kappa shape index (κ3) is 4.22. The van der Waals surface area contributed by atoms with Crippen molar-refractivity contribution in [3.63, 3.8) is 0 Å². The third-order valence-electron chi connectivity index (χ3n) is 4.67. The molecule has 0 saturated heterocycles. The summed E-state index contributed by atoms with van der Waals surface area (Å²) in [4.78, 5) is 32.0. The number of amides is 1. The summed E-state index contributed by atoms with van der Waals surface area (Å²) < 4.78 is 27.3. The first-order chi connectivity index (χ1) is 13.9. The highest BCUT2D eigenvalue weighted by Crippen LogP contribution is 2.35. The number of nitrogens with one attached hydrogen (secondary N) is 2. The maximum Gasteiger partial charge on any atom is 0.257 e. The van der Waals surface area contributed by atoms with Crippen molar-refractivity contribution in [3.05, 3.63) is 86.7 Å². The number of benzene rings is 2. The largest absolute Gasteiger partial charge is 0.310 e. The second kappa shape index (κ2) is 7.79. The highest BCUT2D eigenvalue weighted by atomic mass is 32.2. The highest BCUT2D eigenvalue weighted by Gasteiger charge is 2.31. The van der Waals surface area contributed by atoms with Crippen molar-refractivity contribution >= 4 is 23.5 Å². The van der Waals surface area contributed by atoms with Gasteiger partial charge in [0.2, 0.25) is 5.91 Å². The number of aryl methyl sites for hydroxylation is 1.